The van der Waals surface area contributed by atoms with E-state index in [1.165, 1.54) is 0 Å². The van der Waals surface area contributed by atoms with Gasteiger partial charge < -0.3 is 30.7 Å². The second-order valence-electron chi connectivity index (χ2n) is 7.36. The van der Waals surface area contributed by atoms with Gasteiger partial charge in [0, 0.05) is 19.1 Å². The Balaban J connectivity index is 0.000000222. The van der Waals surface area contributed by atoms with Gasteiger partial charge in [0.05, 0.1) is 36.6 Å². The Kier molecular flexibility index (Phi) is 8.12. The van der Waals surface area contributed by atoms with E-state index in [9.17, 15) is 23.4 Å². The Hall–Kier alpha value is -2.61. The number of anilines is 1. The average Bonchev–Trinajstić information content (AvgIpc) is 3.30. The molecule has 32 heavy (non-hydrogen) atoms. The van der Waals surface area contributed by atoms with Gasteiger partial charge in [0.15, 0.2) is 5.69 Å². The zero-order valence-electron chi connectivity index (χ0n) is 17.1. The zero-order chi connectivity index (χ0) is 23.1. The van der Waals surface area contributed by atoms with Crippen LogP contribution in [0.1, 0.15) is 30.1 Å². The number of nitrogens with one attached hydrogen (secondary N) is 1. The fraction of sp³-hybridized carbons (Fsp3) is 0.579. The number of ether oxygens (including phenoxy) is 2. The lowest BCUT2D eigenvalue weighted by Gasteiger charge is -2.31. The molecule has 10 nitrogen and oxygen atoms in total. The fourth-order valence-electron chi connectivity index (χ4n) is 3.21. The molecule has 4 unspecified atom stereocenters. The first kappa shape index (κ1) is 24.0. The van der Waals surface area contributed by atoms with Gasteiger partial charge in [-0.05, 0) is 19.4 Å². The molecule has 0 aromatic carbocycles. The van der Waals surface area contributed by atoms with E-state index in [-0.39, 0.29) is 12.4 Å². The lowest BCUT2D eigenvalue weighted by atomic mass is 10.0. The Morgan fingerprint density at radius 2 is 1.97 bits per heavy atom. The number of alkyl halides is 3. The average molecular weight is 458 g/mol. The number of aliphatic hydroxyl groups excluding tert-OH is 2. The van der Waals surface area contributed by atoms with Crippen LogP contribution >= 0.6 is 0 Å². The van der Waals surface area contributed by atoms with Crippen molar-refractivity contribution in [1.82, 2.24) is 25.3 Å². The monoisotopic (exact) mass is 458 g/mol. The Morgan fingerprint density at radius 1 is 1.16 bits per heavy atom. The minimum Gasteiger partial charge on any atom is -0.474 e. The van der Waals surface area contributed by atoms with Gasteiger partial charge >= 0.3 is 6.18 Å². The molecule has 2 aromatic rings. The third-order valence-electron chi connectivity index (χ3n) is 4.99. The van der Waals surface area contributed by atoms with Crippen LogP contribution in [0.2, 0.25) is 0 Å². The minimum absolute atomic E-state index is 0.150. The number of halogens is 3. The van der Waals surface area contributed by atoms with E-state index in [1.807, 2.05) is 0 Å². The normalized spacial score (nSPS) is 25.7. The number of nitrogens with two attached hydrogens (primary N) is 1. The van der Waals surface area contributed by atoms with Crippen molar-refractivity contribution in [2.24, 2.45) is 0 Å². The molecule has 4 atom stereocenters. The van der Waals surface area contributed by atoms with Gasteiger partial charge in [-0.1, -0.05) is 0 Å². The number of hydrogen-bond acceptors (Lipinski definition) is 10. The number of rotatable bonds is 4. The van der Waals surface area contributed by atoms with Crippen LogP contribution in [0.15, 0.2) is 24.8 Å². The second-order valence-corrected chi connectivity index (χ2v) is 7.36. The lowest BCUT2D eigenvalue weighted by Crippen LogP contribution is -2.47. The standard InChI is InChI=1S/C14H21N3O4.C5H4F3N3/c18-11-2-4-20-12(14(11)19)8-21-13-7-16-10(6-17-13)9-1-3-15-5-9;6-5(7,8)3-1-10-2-4(9)11-3/h6-7,9,11-12,14-15,18-19H,1-5,8H2;1-2H,(H2,9,11). The molecule has 5 N–H and O–H groups in total. The predicted molar refractivity (Wildman–Crippen MR) is 106 cm³/mol. The Morgan fingerprint density at radius 3 is 2.56 bits per heavy atom. The molecule has 0 aliphatic carbocycles. The van der Waals surface area contributed by atoms with Crippen LogP contribution in [0.5, 0.6) is 5.88 Å². The molecule has 0 radical (unpaired) electrons. The SMILES string of the molecule is Nc1cncc(C(F)(F)F)n1.OC1CCOC(COc2cnc(C3CCNC3)cn2)C1O. The van der Waals surface area contributed by atoms with E-state index >= 15 is 0 Å². The maximum Gasteiger partial charge on any atom is 0.434 e. The maximum absolute atomic E-state index is 11.8. The summed E-state index contributed by atoms with van der Waals surface area (Å²) in [5.41, 5.74) is 4.88. The van der Waals surface area contributed by atoms with Crippen molar-refractivity contribution in [2.75, 3.05) is 32.0 Å². The fourth-order valence-corrected chi connectivity index (χ4v) is 3.21. The van der Waals surface area contributed by atoms with Crippen molar-refractivity contribution in [2.45, 2.75) is 43.2 Å². The molecule has 2 aliphatic heterocycles. The van der Waals surface area contributed by atoms with Crippen molar-refractivity contribution >= 4 is 5.82 Å². The zero-order valence-corrected chi connectivity index (χ0v) is 17.1. The highest BCUT2D eigenvalue weighted by Gasteiger charge is 2.33. The summed E-state index contributed by atoms with van der Waals surface area (Å²) in [5, 5.41) is 22.7. The third-order valence-corrected chi connectivity index (χ3v) is 4.99. The summed E-state index contributed by atoms with van der Waals surface area (Å²) in [4.78, 5) is 14.9. The smallest absolute Gasteiger partial charge is 0.434 e. The largest absolute Gasteiger partial charge is 0.474 e. The molecule has 4 rings (SSSR count). The van der Waals surface area contributed by atoms with Crippen molar-refractivity contribution < 1.29 is 32.9 Å². The van der Waals surface area contributed by atoms with Gasteiger partial charge in [-0.25, -0.2) is 9.97 Å². The highest BCUT2D eigenvalue weighted by atomic mass is 19.4. The first-order valence-corrected chi connectivity index (χ1v) is 10.0. The van der Waals surface area contributed by atoms with Crippen LogP contribution in [-0.4, -0.2) is 74.8 Å². The van der Waals surface area contributed by atoms with Crippen molar-refractivity contribution in [3.63, 3.8) is 0 Å². The number of nitrogens with zero attached hydrogens (tertiary/aromatic N) is 4. The van der Waals surface area contributed by atoms with E-state index in [0.717, 1.165) is 31.4 Å². The number of aromatic nitrogens is 4. The first-order valence-electron chi connectivity index (χ1n) is 10.0. The number of hydrogen-bond donors (Lipinski definition) is 4. The highest BCUT2D eigenvalue weighted by Crippen LogP contribution is 2.27. The van der Waals surface area contributed by atoms with Crippen LogP contribution < -0.4 is 15.8 Å². The Bertz CT molecular complexity index is 852. The molecule has 0 saturated carbocycles. The Labute approximate surface area is 182 Å². The van der Waals surface area contributed by atoms with E-state index < -0.39 is 30.2 Å². The summed E-state index contributed by atoms with van der Waals surface area (Å²) in [6.45, 7) is 2.53. The third kappa shape index (κ3) is 6.69. The molecular formula is C19H25F3N6O4. The van der Waals surface area contributed by atoms with Gasteiger partial charge in [-0.3, -0.25) is 9.97 Å². The summed E-state index contributed by atoms with van der Waals surface area (Å²) in [6.07, 6.45) is -0.149. The topological polar surface area (TPSA) is 149 Å². The predicted octanol–water partition coefficient (Wildman–Crippen LogP) is 0.521. The lowest BCUT2D eigenvalue weighted by molar-refractivity contribution is -0.145. The number of aliphatic hydroxyl groups is 2. The molecule has 2 fully saturated rings. The van der Waals surface area contributed by atoms with Crippen molar-refractivity contribution in [1.29, 1.82) is 0 Å². The quantitative estimate of drug-likeness (QED) is 0.511. The molecular weight excluding hydrogens is 433 g/mol. The molecule has 2 saturated heterocycles. The van der Waals surface area contributed by atoms with Crippen LogP contribution in [0, 0.1) is 0 Å². The van der Waals surface area contributed by atoms with Crippen LogP contribution in [0.3, 0.4) is 0 Å². The molecule has 0 spiro atoms. The van der Waals surface area contributed by atoms with Gasteiger partial charge in [0.1, 0.15) is 24.6 Å². The maximum atomic E-state index is 11.8. The summed E-state index contributed by atoms with van der Waals surface area (Å²) < 4.78 is 46.3. The molecule has 4 heterocycles. The van der Waals surface area contributed by atoms with Gasteiger partial charge in [0.2, 0.25) is 5.88 Å². The summed E-state index contributed by atoms with van der Waals surface area (Å²) >= 11 is 0. The number of nitrogen functional groups attached to an aromatic ring is 1. The molecule has 176 valence electrons. The van der Waals surface area contributed by atoms with Gasteiger partial charge in [0.25, 0.3) is 0 Å². The minimum atomic E-state index is -4.47. The van der Waals surface area contributed by atoms with E-state index in [1.54, 1.807) is 12.4 Å². The highest BCUT2D eigenvalue weighted by molar-refractivity contribution is 5.24. The van der Waals surface area contributed by atoms with Crippen LogP contribution in [-0.2, 0) is 10.9 Å². The second kappa shape index (κ2) is 10.8. The summed E-state index contributed by atoms with van der Waals surface area (Å²) in [7, 11) is 0. The summed E-state index contributed by atoms with van der Waals surface area (Å²) in [6, 6.07) is 0. The van der Waals surface area contributed by atoms with Gasteiger partial charge in [-0.15, -0.1) is 0 Å². The van der Waals surface area contributed by atoms with E-state index in [2.05, 4.69) is 25.3 Å². The molecule has 2 aliphatic rings. The van der Waals surface area contributed by atoms with E-state index in [0.29, 0.717) is 31.0 Å². The van der Waals surface area contributed by atoms with Crippen molar-refractivity contribution in [3.8, 4) is 5.88 Å². The molecule has 2 aromatic heterocycles. The first-order chi connectivity index (χ1) is 15.2. The van der Waals surface area contributed by atoms with Crippen LogP contribution in [0.25, 0.3) is 0 Å². The van der Waals surface area contributed by atoms with Crippen LogP contribution in [0.4, 0.5) is 19.0 Å². The summed E-state index contributed by atoms with van der Waals surface area (Å²) in [5.74, 6) is 0.589. The van der Waals surface area contributed by atoms with Crippen molar-refractivity contribution in [3.05, 3.63) is 36.2 Å². The molecule has 0 amide bonds. The molecule has 13 heteroatoms. The molecule has 0 bridgehead atoms. The van der Waals surface area contributed by atoms with E-state index in [4.69, 9.17) is 15.2 Å². The van der Waals surface area contributed by atoms with Gasteiger partial charge in [-0.2, -0.15) is 13.2 Å².